The SMILES string of the molecule is CC(C)(C)NC(=O)c1ccc2cnccc2c1. The highest BCUT2D eigenvalue weighted by Crippen LogP contribution is 2.15. The van der Waals surface area contributed by atoms with Gasteiger partial charge in [0.1, 0.15) is 0 Å². The zero-order valence-electron chi connectivity index (χ0n) is 10.3. The Balaban J connectivity index is 2.33. The smallest absolute Gasteiger partial charge is 0.251 e. The van der Waals surface area contributed by atoms with Gasteiger partial charge in [-0.05, 0) is 44.4 Å². The molecule has 1 N–H and O–H groups in total. The number of benzene rings is 1. The maximum absolute atomic E-state index is 12.0. The first-order valence-corrected chi connectivity index (χ1v) is 5.62. The lowest BCUT2D eigenvalue weighted by molar-refractivity contribution is 0.0919. The van der Waals surface area contributed by atoms with Gasteiger partial charge in [0.2, 0.25) is 0 Å². The van der Waals surface area contributed by atoms with Crippen LogP contribution in [0.1, 0.15) is 31.1 Å². The number of hydrogen-bond donors (Lipinski definition) is 1. The molecule has 88 valence electrons. The number of nitrogens with zero attached hydrogens (tertiary/aromatic N) is 1. The summed E-state index contributed by atoms with van der Waals surface area (Å²) in [7, 11) is 0. The van der Waals surface area contributed by atoms with Crippen LogP contribution < -0.4 is 5.32 Å². The summed E-state index contributed by atoms with van der Waals surface area (Å²) in [5.41, 5.74) is 0.461. The van der Waals surface area contributed by atoms with Crippen molar-refractivity contribution in [1.82, 2.24) is 10.3 Å². The minimum absolute atomic E-state index is 0.0452. The average molecular weight is 228 g/mol. The van der Waals surface area contributed by atoms with E-state index in [0.29, 0.717) is 5.56 Å². The highest BCUT2D eigenvalue weighted by Gasteiger charge is 2.15. The molecule has 0 saturated carbocycles. The predicted molar refractivity (Wildman–Crippen MR) is 69.0 cm³/mol. The Morgan fingerprint density at radius 1 is 1.18 bits per heavy atom. The number of carbonyl (C=O) groups excluding carboxylic acids is 1. The quantitative estimate of drug-likeness (QED) is 0.815. The second-order valence-corrected chi connectivity index (χ2v) is 5.14. The van der Waals surface area contributed by atoms with E-state index < -0.39 is 0 Å². The van der Waals surface area contributed by atoms with Gasteiger partial charge in [-0.3, -0.25) is 9.78 Å². The van der Waals surface area contributed by atoms with Crippen LogP contribution in [0.15, 0.2) is 36.7 Å². The summed E-state index contributed by atoms with van der Waals surface area (Å²) in [4.78, 5) is 16.0. The maximum atomic E-state index is 12.0. The van der Waals surface area contributed by atoms with Crippen LogP contribution in [0, 0.1) is 0 Å². The van der Waals surface area contributed by atoms with E-state index in [-0.39, 0.29) is 11.4 Å². The summed E-state index contributed by atoms with van der Waals surface area (Å²) in [6.45, 7) is 5.90. The lowest BCUT2D eigenvalue weighted by Gasteiger charge is -2.20. The van der Waals surface area contributed by atoms with E-state index in [9.17, 15) is 4.79 Å². The molecule has 0 radical (unpaired) electrons. The molecule has 3 nitrogen and oxygen atoms in total. The molecule has 0 aliphatic heterocycles. The first kappa shape index (κ1) is 11.6. The van der Waals surface area contributed by atoms with Gasteiger partial charge in [0.05, 0.1) is 0 Å². The van der Waals surface area contributed by atoms with Crippen LogP contribution in [0.5, 0.6) is 0 Å². The predicted octanol–water partition coefficient (Wildman–Crippen LogP) is 2.76. The molecule has 1 aromatic heterocycles. The molecule has 2 aromatic rings. The summed E-state index contributed by atoms with van der Waals surface area (Å²) < 4.78 is 0. The number of carbonyl (C=O) groups is 1. The van der Waals surface area contributed by atoms with E-state index in [2.05, 4.69) is 10.3 Å². The van der Waals surface area contributed by atoms with Crippen LogP contribution in [0.4, 0.5) is 0 Å². The maximum Gasteiger partial charge on any atom is 0.251 e. The number of aromatic nitrogens is 1. The molecule has 3 heteroatoms. The fourth-order valence-electron chi connectivity index (χ4n) is 1.64. The number of amides is 1. The van der Waals surface area contributed by atoms with E-state index in [1.165, 1.54) is 0 Å². The minimum Gasteiger partial charge on any atom is -0.347 e. The molecule has 0 aliphatic rings. The third-order valence-electron chi connectivity index (χ3n) is 2.39. The monoisotopic (exact) mass is 228 g/mol. The van der Waals surface area contributed by atoms with Crippen molar-refractivity contribution in [2.75, 3.05) is 0 Å². The molecular weight excluding hydrogens is 212 g/mol. The highest BCUT2D eigenvalue weighted by atomic mass is 16.1. The summed E-state index contributed by atoms with van der Waals surface area (Å²) >= 11 is 0. The molecule has 2 rings (SSSR count). The second-order valence-electron chi connectivity index (χ2n) is 5.14. The lowest BCUT2D eigenvalue weighted by atomic mass is 10.1. The van der Waals surface area contributed by atoms with Crippen molar-refractivity contribution in [3.05, 3.63) is 42.2 Å². The molecule has 0 spiro atoms. The normalized spacial score (nSPS) is 11.5. The van der Waals surface area contributed by atoms with Crippen LogP contribution in [0.25, 0.3) is 10.8 Å². The van der Waals surface area contributed by atoms with Gasteiger partial charge in [-0.15, -0.1) is 0 Å². The molecule has 1 heterocycles. The molecule has 0 saturated heterocycles. The van der Waals surface area contributed by atoms with E-state index in [1.807, 2.05) is 45.0 Å². The number of fused-ring (bicyclic) bond motifs is 1. The van der Waals surface area contributed by atoms with Crippen LogP contribution in [-0.2, 0) is 0 Å². The summed E-state index contributed by atoms with van der Waals surface area (Å²) in [5.74, 6) is -0.0452. The van der Waals surface area contributed by atoms with Crippen molar-refractivity contribution in [1.29, 1.82) is 0 Å². The van der Waals surface area contributed by atoms with Gasteiger partial charge in [0.15, 0.2) is 0 Å². The fraction of sp³-hybridized carbons (Fsp3) is 0.286. The van der Waals surface area contributed by atoms with E-state index >= 15 is 0 Å². The molecule has 0 atom stereocenters. The Bertz CT molecular complexity index is 555. The topological polar surface area (TPSA) is 42.0 Å². The number of pyridine rings is 1. The summed E-state index contributed by atoms with van der Waals surface area (Å²) in [5, 5.41) is 5.02. The molecule has 1 amide bonds. The first-order chi connectivity index (χ1) is 7.96. The van der Waals surface area contributed by atoms with Crippen molar-refractivity contribution in [3.8, 4) is 0 Å². The third kappa shape index (κ3) is 2.81. The molecule has 0 bridgehead atoms. The molecule has 1 aromatic carbocycles. The van der Waals surface area contributed by atoms with Crippen molar-refractivity contribution in [2.24, 2.45) is 0 Å². The van der Waals surface area contributed by atoms with Gasteiger partial charge in [-0.2, -0.15) is 0 Å². The molecule has 0 aliphatic carbocycles. The molecule has 17 heavy (non-hydrogen) atoms. The summed E-state index contributed by atoms with van der Waals surface area (Å²) in [6.07, 6.45) is 3.52. The van der Waals surface area contributed by atoms with Gasteiger partial charge in [0.25, 0.3) is 5.91 Å². The number of hydrogen-bond acceptors (Lipinski definition) is 2. The Labute approximate surface area is 101 Å². The Morgan fingerprint density at radius 2 is 1.94 bits per heavy atom. The van der Waals surface area contributed by atoms with Crippen molar-refractivity contribution >= 4 is 16.7 Å². The Hall–Kier alpha value is -1.90. The average Bonchev–Trinajstić information content (AvgIpc) is 2.26. The highest BCUT2D eigenvalue weighted by molar-refractivity contribution is 5.98. The molecular formula is C14H16N2O. The third-order valence-corrected chi connectivity index (χ3v) is 2.39. The van der Waals surface area contributed by atoms with Crippen molar-refractivity contribution in [2.45, 2.75) is 26.3 Å². The first-order valence-electron chi connectivity index (χ1n) is 5.62. The molecule has 0 fully saturated rings. The van der Waals surface area contributed by atoms with Crippen LogP contribution in [-0.4, -0.2) is 16.4 Å². The van der Waals surface area contributed by atoms with Gasteiger partial charge in [0, 0.05) is 28.9 Å². The van der Waals surface area contributed by atoms with Crippen molar-refractivity contribution < 1.29 is 4.79 Å². The van der Waals surface area contributed by atoms with Gasteiger partial charge in [-0.25, -0.2) is 0 Å². The van der Waals surface area contributed by atoms with Gasteiger partial charge < -0.3 is 5.32 Å². The minimum atomic E-state index is -0.218. The van der Waals surface area contributed by atoms with Crippen LogP contribution >= 0.6 is 0 Å². The van der Waals surface area contributed by atoms with Gasteiger partial charge in [-0.1, -0.05) is 6.07 Å². The number of nitrogens with one attached hydrogen (secondary N) is 1. The lowest BCUT2D eigenvalue weighted by Crippen LogP contribution is -2.40. The Morgan fingerprint density at radius 3 is 2.65 bits per heavy atom. The van der Waals surface area contributed by atoms with Crippen LogP contribution in [0.3, 0.4) is 0 Å². The number of rotatable bonds is 1. The van der Waals surface area contributed by atoms with E-state index in [0.717, 1.165) is 10.8 Å². The largest absolute Gasteiger partial charge is 0.347 e. The standard InChI is InChI=1S/C14H16N2O/c1-14(2,3)16-13(17)11-4-5-12-9-15-7-6-10(12)8-11/h4-9H,1-3H3,(H,16,17). The van der Waals surface area contributed by atoms with E-state index in [1.54, 1.807) is 12.4 Å². The fourth-order valence-corrected chi connectivity index (χ4v) is 1.64. The van der Waals surface area contributed by atoms with Crippen LogP contribution in [0.2, 0.25) is 0 Å². The second kappa shape index (κ2) is 4.17. The Kier molecular flexibility index (Phi) is 2.84. The molecule has 0 unspecified atom stereocenters. The van der Waals surface area contributed by atoms with Gasteiger partial charge >= 0.3 is 0 Å². The zero-order chi connectivity index (χ0) is 12.5. The summed E-state index contributed by atoms with van der Waals surface area (Å²) in [6, 6.07) is 7.53. The zero-order valence-corrected chi connectivity index (χ0v) is 10.3. The van der Waals surface area contributed by atoms with E-state index in [4.69, 9.17) is 0 Å². The van der Waals surface area contributed by atoms with Crippen molar-refractivity contribution in [3.63, 3.8) is 0 Å².